The minimum Gasteiger partial charge on any atom is -0.385 e. The van der Waals surface area contributed by atoms with Gasteiger partial charge in [-0.2, -0.15) is 0 Å². The van der Waals surface area contributed by atoms with Crippen LogP contribution in [0.1, 0.15) is 16.8 Å². The quantitative estimate of drug-likeness (QED) is 0.582. The van der Waals surface area contributed by atoms with Crippen molar-refractivity contribution >= 4 is 17.4 Å². The lowest BCUT2D eigenvalue weighted by atomic mass is 10.1. The van der Waals surface area contributed by atoms with Gasteiger partial charge in [-0.3, -0.25) is 4.79 Å². The monoisotopic (exact) mass is 380 g/mol. The summed E-state index contributed by atoms with van der Waals surface area (Å²) in [6, 6.07) is 15.1. The van der Waals surface area contributed by atoms with Gasteiger partial charge in [-0.15, -0.1) is 0 Å². The second-order valence-electron chi connectivity index (χ2n) is 6.11. The standard InChI is InChI=1S/C21H21FN4O2/c1-28-10-4-9-23-21(27)16-6-3-8-18(12-16)26-20-13-19(24-14-25-20)15-5-2-7-17(22)11-15/h2-3,5-8,11-14H,4,9-10H2,1H3,(H,23,27)(H,24,25,26). The van der Waals surface area contributed by atoms with E-state index in [0.29, 0.717) is 41.5 Å². The summed E-state index contributed by atoms with van der Waals surface area (Å²) in [5.74, 6) is 0.0737. The van der Waals surface area contributed by atoms with Crippen LogP contribution in [0.4, 0.5) is 15.9 Å². The number of carbonyl (C=O) groups excluding carboxylic acids is 1. The lowest BCUT2D eigenvalue weighted by Gasteiger charge is -2.09. The molecular weight excluding hydrogens is 359 g/mol. The Kier molecular flexibility index (Phi) is 6.64. The number of ether oxygens (including phenoxy) is 1. The fraction of sp³-hybridized carbons (Fsp3) is 0.190. The highest BCUT2D eigenvalue weighted by Gasteiger charge is 2.07. The number of aromatic nitrogens is 2. The van der Waals surface area contributed by atoms with Crippen LogP contribution in [0, 0.1) is 5.82 Å². The van der Waals surface area contributed by atoms with Crippen LogP contribution in [0.5, 0.6) is 0 Å². The molecule has 0 spiro atoms. The predicted molar refractivity (Wildman–Crippen MR) is 106 cm³/mol. The first-order chi connectivity index (χ1) is 13.7. The Hall–Kier alpha value is -3.32. The van der Waals surface area contributed by atoms with Crippen LogP contribution in [0.15, 0.2) is 60.9 Å². The molecule has 0 saturated carbocycles. The van der Waals surface area contributed by atoms with E-state index < -0.39 is 0 Å². The van der Waals surface area contributed by atoms with Crippen LogP contribution in [-0.4, -0.2) is 36.1 Å². The number of amides is 1. The zero-order valence-corrected chi connectivity index (χ0v) is 15.5. The Morgan fingerprint density at radius 2 is 1.96 bits per heavy atom. The first-order valence-electron chi connectivity index (χ1n) is 8.88. The molecule has 1 aromatic heterocycles. The fourth-order valence-corrected chi connectivity index (χ4v) is 2.64. The molecule has 1 amide bonds. The van der Waals surface area contributed by atoms with Crippen molar-refractivity contribution in [2.75, 3.05) is 25.6 Å². The molecule has 3 rings (SSSR count). The SMILES string of the molecule is COCCCNC(=O)c1cccc(Nc2cc(-c3cccc(F)c3)ncn2)c1. The number of anilines is 2. The van der Waals surface area contributed by atoms with Crippen molar-refractivity contribution in [2.24, 2.45) is 0 Å². The third kappa shape index (κ3) is 5.34. The van der Waals surface area contributed by atoms with Crippen molar-refractivity contribution < 1.29 is 13.9 Å². The first-order valence-corrected chi connectivity index (χ1v) is 8.88. The number of carbonyl (C=O) groups is 1. The number of rotatable bonds is 8. The third-order valence-electron chi connectivity index (χ3n) is 4.00. The molecule has 0 unspecified atom stereocenters. The number of methoxy groups -OCH3 is 1. The molecule has 0 atom stereocenters. The number of halogens is 1. The molecule has 6 nitrogen and oxygen atoms in total. The van der Waals surface area contributed by atoms with Gasteiger partial charge in [0, 0.05) is 43.1 Å². The van der Waals surface area contributed by atoms with Gasteiger partial charge in [0.25, 0.3) is 5.91 Å². The van der Waals surface area contributed by atoms with Crippen LogP contribution in [0.2, 0.25) is 0 Å². The number of hydrogen-bond donors (Lipinski definition) is 2. The molecule has 0 saturated heterocycles. The van der Waals surface area contributed by atoms with Gasteiger partial charge >= 0.3 is 0 Å². The van der Waals surface area contributed by atoms with Crippen molar-refractivity contribution in [3.8, 4) is 11.3 Å². The van der Waals surface area contributed by atoms with Crippen LogP contribution in [-0.2, 0) is 4.74 Å². The van der Waals surface area contributed by atoms with E-state index in [1.54, 1.807) is 43.5 Å². The van der Waals surface area contributed by atoms with Crippen molar-refractivity contribution in [1.82, 2.24) is 15.3 Å². The summed E-state index contributed by atoms with van der Waals surface area (Å²) in [4.78, 5) is 20.6. The van der Waals surface area contributed by atoms with Crippen LogP contribution < -0.4 is 10.6 Å². The largest absolute Gasteiger partial charge is 0.385 e. The molecule has 0 bridgehead atoms. The molecule has 144 valence electrons. The van der Waals surface area contributed by atoms with Crippen molar-refractivity contribution in [2.45, 2.75) is 6.42 Å². The molecule has 0 fully saturated rings. The maximum absolute atomic E-state index is 13.4. The van der Waals surface area contributed by atoms with Gasteiger partial charge < -0.3 is 15.4 Å². The van der Waals surface area contributed by atoms with Gasteiger partial charge in [0.05, 0.1) is 5.69 Å². The molecule has 0 radical (unpaired) electrons. The molecule has 0 aliphatic carbocycles. The average molecular weight is 380 g/mol. The Labute approximate surface area is 162 Å². The van der Waals surface area contributed by atoms with Gasteiger partial charge in [0.1, 0.15) is 18.0 Å². The van der Waals surface area contributed by atoms with E-state index in [1.807, 2.05) is 6.07 Å². The third-order valence-corrected chi connectivity index (χ3v) is 4.00. The number of nitrogens with one attached hydrogen (secondary N) is 2. The molecule has 1 heterocycles. The van der Waals surface area contributed by atoms with E-state index in [1.165, 1.54) is 18.5 Å². The summed E-state index contributed by atoms with van der Waals surface area (Å²) in [6.45, 7) is 1.15. The van der Waals surface area contributed by atoms with E-state index in [-0.39, 0.29) is 11.7 Å². The maximum Gasteiger partial charge on any atom is 0.251 e. The maximum atomic E-state index is 13.4. The molecule has 7 heteroatoms. The molecule has 0 aliphatic heterocycles. The van der Waals surface area contributed by atoms with Gasteiger partial charge in [0.15, 0.2) is 0 Å². The summed E-state index contributed by atoms with van der Waals surface area (Å²) in [6.07, 6.45) is 2.17. The summed E-state index contributed by atoms with van der Waals surface area (Å²) < 4.78 is 18.4. The summed E-state index contributed by atoms with van der Waals surface area (Å²) >= 11 is 0. The molecule has 2 aromatic carbocycles. The molecule has 28 heavy (non-hydrogen) atoms. The molecule has 0 aliphatic rings. The normalized spacial score (nSPS) is 10.5. The fourth-order valence-electron chi connectivity index (χ4n) is 2.64. The van der Waals surface area contributed by atoms with Gasteiger partial charge in [-0.05, 0) is 36.8 Å². The second kappa shape index (κ2) is 9.57. The Balaban J connectivity index is 1.70. The van der Waals surface area contributed by atoms with Crippen LogP contribution in [0.3, 0.4) is 0 Å². The number of hydrogen-bond acceptors (Lipinski definition) is 5. The summed E-state index contributed by atoms with van der Waals surface area (Å²) in [5, 5.41) is 6.01. The van der Waals surface area contributed by atoms with Gasteiger partial charge in [0.2, 0.25) is 0 Å². The van der Waals surface area contributed by atoms with Gasteiger partial charge in [-0.25, -0.2) is 14.4 Å². The minimum absolute atomic E-state index is 0.150. The Morgan fingerprint density at radius 1 is 1.11 bits per heavy atom. The zero-order chi connectivity index (χ0) is 19.8. The highest BCUT2D eigenvalue weighted by molar-refractivity contribution is 5.95. The minimum atomic E-state index is -0.324. The van der Waals surface area contributed by atoms with E-state index in [9.17, 15) is 9.18 Å². The first kappa shape index (κ1) is 19.4. The van der Waals surface area contributed by atoms with E-state index in [4.69, 9.17) is 4.74 Å². The molecule has 2 N–H and O–H groups in total. The Bertz CT molecular complexity index is 949. The predicted octanol–water partition coefficient (Wildman–Crippen LogP) is 3.79. The summed E-state index contributed by atoms with van der Waals surface area (Å²) in [5.41, 5.74) is 2.52. The number of benzene rings is 2. The van der Waals surface area contributed by atoms with Crippen molar-refractivity contribution in [3.05, 3.63) is 72.3 Å². The number of nitrogens with zero attached hydrogens (tertiary/aromatic N) is 2. The summed E-state index contributed by atoms with van der Waals surface area (Å²) in [7, 11) is 1.63. The van der Waals surface area contributed by atoms with Crippen molar-refractivity contribution in [3.63, 3.8) is 0 Å². The van der Waals surface area contributed by atoms with E-state index >= 15 is 0 Å². The van der Waals surface area contributed by atoms with Crippen molar-refractivity contribution in [1.29, 1.82) is 0 Å². The lowest BCUT2D eigenvalue weighted by Crippen LogP contribution is -2.25. The topological polar surface area (TPSA) is 76.1 Å². The Morgan fingerprint density at radius 3 is 2.79 bits per heavy atom. The molecular formula is C21H21FN4O2. The highest BCUT2D eigenvalue weighted by atomic mass is 19.1. The second-order valence-corrected chi connectivity index (χ2v) is 6.11. The van der Waals surface area contributed by atoms with Crippen LogP contribution >= 0.6 is 0 Å². The van der Waals surface area contributed by atoms with E-state index in [0.717, 1.165) is 6.42 Å². The average Bonchev–Trinajstić information content (AvgIpc) is 2.71. The molecule has 3 aromatic rings. The van der Waals surface area contributed by atoms with Gasteiger partial charge in [-0.1, -0.05) is 18.2 Å². The lowest BCUT2D eigenvalue weighted by molar-refractivity contribution is 0.0948. The van der Waals surface area contributed by atoms with Crippen LogP contribution in [0.25, 0.3) is 11.3 Å². The smallest absolute Gasteiger partial charge is 0.251 e. The highest BCUT2D eigenvalue weighted by Crippen LogP contribution is 2.22. The zero-order valence-electron chi connectivity index (χ0n) is 15.5. The van der Waals surface area contributed by atoms with E-state index in [2.05, 4.69) is 20.6 Å².